The van der Waals surface area contributed by atoms with E-state index in [1.165, 1.54) is 4.90 Å². The Morgan fingerprint density at radius 2 is 2.00 bits per heavy atom. The number of benzene rings is 1. The van der Waals surface area contributed by atoms with E-state index in [4.69, 9.17) is 13.9 Å². The number of furan rings is 1. The third-order valence-electron chi connectivity index (χ3n) is 4.41. The van der Waals surface area contributed by atoms with Crippen LogP contribution < -0.4 is 20.1 Å². The highest BCUT2D eigenvalue weighted by Gasteiger charge is 2.14. The summed E-state index contributed by atoms with van der Waals surface area (Å²) in [6.45, 7) is 2.46. The SMILES string of the molecule is CN(C)C(=O)CNC(=NCc1cccc2c1OCCCO2)NCCc1ccco1. The molecule has 3 rings (SSSR count). The van der Waals surface area contributed by atoms with Crippen LogP contribution in [-0.4, -0.2) is 57.2 Å². The number of nitrogens with zero attached hydrogens (tertiary/aromatic N) is 2. The van der Waals surface area contributed by atoms with Gasteiger partial charge < -0.3 is 29.4 Å². The molecule has 156 valence electrons. The van der Waals surface area contributed by atoms with Crippen molar-refractivity contribution in [2.45, 2.75) is 19.4 Å². The number of hydrogen-bond donors (Lipinski definition) is 2. The quantitative estimate of drug-likeness (QED) is 0.544. The van der Waals surface area contributed by atoms with E-state index in [9.17, 15) is 4.79 Å². The van der Waals surface area contributed by atoms with Crippen LogP contribution in [0.3, 0.4) is 0 Å². The summed E-state index contributed by atoms with van der Waals surface area (Å²) >= 11 is 0. The zero-order valence-corrected chi connectivity index (χ0v) is 16.9. The molecule has 0 radical (unpaired) electrons. The second-order valence-corrected chi connectivity index (χ2v) is 6.86. The molecule has 8 nitrogen and oxygen atoms in total. The Kier molecular flexibility index (Phi) is 7.38. The number of aliphatic imine (C=N–C) groups is 1. The van der Waals surface area contributed by atoms with Crippen molar-refractivity contribution >= 4 is 11.9 Å². The Balaban J connectivity index is 1.67. The molecule has 8 heteroatoms. The van der Waals surface area contributed by atoms with Gasteiger partial charge >= 0.3 is 0 Å². The monoisotopic (exact) mass is 400 g/mol. The van der Waals surface area contributed by atoms with Crippen molar-refractivity contribution in [3.05, 3.63) is 47.9 Å². The lowest BCUT2D eigenvalue weighted by Gasteiger charge is -2.15. The zero-order chi connectivity index (χ0) is 20.5. The summed E-state index contributed by atoms with van der Waals surface area (Å²) in [7, 11) is 3.45. The molecule has 0 bridgehead atoms. The van der Waals surface area contributed by atoms with Crippen molar-refractivity contribution in [2.75, 3.05) is 40.4 Å². The van der Waals surface area contributed by atoms with Crippen LogP contribution in [0, 0.1) is 0 Å². The van der Waals surface area contributed by atoms with Crippen LogP contribution in [0.25, 0.3) is 0 Å². The van der Waals surface area contributed by atoms with Gasteiger partial charge in [-0.3, -0.25) is 4.79 Å². The minimum Gasteiger partial charge on any atom is -0.490 e. The molecule has 2 heterocycles. The van der Waals surface area contributed by atoms with Gasteiger partial charge in [-0.1, -0.05) is 12.1 Å². The third kappa shape index (κ3) is 6.17. The minimum absolute atomic E-state index is 0.0316. The number of ether oxygens (including phenoxy) is 2. The molecule has 1 aromatic carbocycles. The maximum atomic E-state index is 11.9. The first-order chi connectivity index (χ1) is 14.1. The Bertz CT molecular complexity index is 818. The molecule has 0 aliphatic carbocycles. The molecule has 0 saturated carbocycles. The largest absolute Gasteiger partial charge is 0.490 e. The summed E-state index contributed by atoms with van der Waals surface area (Å²) in [5.41, 5.74) is 0.940. The predicted molar refractivity (Wildman–Crippen MR) is 110 cm³/mol. The summed E-state index contributed by atoms with van der Waals surface area (Å²) < 4.78 is 17.0. The minimum atomic E-state index is -0.0316. The summed E-state index contributed by atoms with van der Waals surface area (Å²) in [5.74, 6) is 2.90. The van der Waals surface area contributed by atoms with Crippen LogP contribution in [0.2, 0.25) is 0 Å². The number of amides is 1. The number of guanidine groups is 1. The van der Waals surface area contributed by atoms with E-state index in [-0.39, 0.29) is 12.5 Å². The first-order valence-electron chi connectivity index (χ1n) is 9.75. The molecule has 1 aromatic heterocycles. The second kappa shape index (κ2) is 10.4. The number of nitrogens with one attached hydrogen (secondary N) is 2. The van der Waals surface area contributed by atoms with Crippen LogP contribution in [-0.2, 0) is 17.8 Å². The maximum absolute atomic E-state index is 11.9. The molecule has 0 spiro atoms. The van der Waals surface area contributed by atoms with E-state index >= 15 is 0 Å². The van der Waals surface area contributed by atoms with Crippen molar-refractivity contribution in [3.63, 3.8) is 0 Å². The van der Waals surface area contributed by atoms with Crippen molar-refractivity contribution < 1.29 is 18.7 Å². The zero-order valence-electron chi connectivity index (χ0n) is 16.9. The average Bonchev–Trinajstić information content (AvgIpc) is 3.11. The molecular formula is C21H28N4O4. The van der Waals surface area contributed by atoms with Gasteiger partial charge in [0.2, 0.25) is 5.91 Å². The van der Waals surface area contributed by atoms with Gasteiger partial charge in [0.1, 0.15) is 5.76 Å². The van der Waals surface area contributed by atoms with Crippen LogP contribution in [0.4, 0.5) is 0 Å². The van der Waals surface area contributed by atoms with E-state index in [1.54, 1.807) is 20.4 Å². The number of carbonyl (C=O) groups is 1. The average molecular weight is 400 g/mol. The van der Waals surface area contributed by atoms with Crippen molar-refractivity contribution in [1.29, 1.82) is 0 Å². The molecule has 2 N–H and O–H groups in total. The lowest BCUT2D eigenvalue weighted by molar-refractivity contribution is -0.127. The van der Waals surface area contributed by atoms with Gasteiger partial charge in [0, 0.05) is 39.0 Å². The first-order valence-corrected chi connectivity index (χ1v) is 9.75. The van der Waals surface area contributed by atoms with Gasteiger partial charge in [-0.2, -0.15) is 0 Å². The summed E-state index contributed by atoms with van der Waals surface area (Å²) in [5, 5.41) is 6.34. The highest BCUT2D eigenvalue weighted by molar-refractivity contribution is 5.86. The first kappa shape index (κ1) is 20.6. The standard InChI is InChI=1S/C21H28N4O4/c1-25(2)19(26)15-24-21(22-10-9-17-7-4-11-27-17)23-14-16-6-3-8-18-20(16)29-13-5-12-28-18/h3-4,6-8,11H,5,9-10,12-15H2,1-2H3,(H2,22,23,24). The number of rotatable bonds is 7. The molecule has 0 unspecified atom stereocenters. The van der Waals surface area contributed by atoms with Crippen molar-refractivity contribution in [3.8, 4) is 11.5 Å². The molecule has 0 fully saturated rings. The highest BCUT2D eigenvalue weighted by atomic mass is 16.5. The Labute approximate surface area is 170 Å². The Hall–Kier alpha value is -3.16. The highest BCUT2D eigenvalue weighted by Crippen LogP contribution is 2.33. The Morgan fingerprint density at radius 3 is 2.79 bits per heavy atom. The molecule has 0 atom stereocenters. The molecule has 1 aliphatic rings. The molecule has 29 heavy (non-hydrogen) atoms. The molecule has 0 saturated heterocycles. The van der Waals surface area contributed by atoms with Gasteiger partial charge in [0.05, 0.1) is 32.6 Å². The number of para-hydroxylation sites is 1. The fourth-order valence-corrected chi connectivity index (χ4v) is 2.79. The van der Waals surface area contributed by atoms with Crippen LogP contribution >= 0.6 is 0 Å². The number of likely N-dealkylation sites (N-methyl/N-ethyl adjacent to an activating group) is 1. The molecular weight excluding hydrogens is 372 g/mol. The van der Waals surface area contributed by atoms with Gasteiger partial charge in [-0.25, -0.2) is 4.99 Å². The van der Waals surface area contributed by atoms with Crippen LogP contribution in [0.1, 0.15) is 17.7 Å². The van der Waals surface area contributed by atoms with E-state index in [1.807, 2.05) is 30.3 Å². The number of carbonyl (C=O) groups excluding carboxylic acids is 1. The van der Waals surface area contributed by atoms with E-state index in [0.717, 1.165) is 29.2 Å². The normalized spacial score (nSPS) is 13.5. The summed E-state index contributed by atoms with van der Waals surface area (Å²) in [6.07, 6.45) is 3.22. The summed E-state index contributed by atoms with van der Waals surface area (Å²) in [4.78, 5) is 18.1. The van der Waals surface area contributed by atoms with E-state index in [0.29, 0.717) is 38.7 Å². The molecule has 2 aromatic rings. The van der Waals surface area contributed by atoms with E-state index in [2.05, 4.69) is 15.6 Å². The van der Waals surface area contributed by atoms with Gasteiger partial charge in [-0.15, -0.1) is 0 Å². The van der Waals surface area contributed by atoms with E-state index < -0.39 is 0 Å². The third-order valence-corrected chi connectivity index (χ3v) is 4.41. The topological polar surface area (TPSA) is 88.3 Å². The molecule has 1 aliphatic heterocycles. The van der Waals surface area contributed by atoms with Crippen molar-refractivity contribution in [2.24, 2.45) is 4.99 Å². The maximum Gasteiger partial charge on any atom is 0.241 e. The number of fused-ring (bicyclic) bond motifs is 1. The fourth-order valence-electron chi connectivity index (χ4n) is 2.79. The van der Waals surface area contributed by atoms with Crippen LogP contribution in [0.15, 0.2) is 46.0 Å². The lowest BCUT2D eigenvalue weighted by atomic mass is 10.2. The second-order valence-electron chi connectivity index (χ2n) is 6.86. The Morgan fingerprint density at radius 1 is 1.14 bits per heavy atom. The van der Waals surface area contributed by atoms with Crippen LogP contribution in [0.5, 0.6) is 11.5 Å². The number of hydrogen-bond acceptors (Lipinski definition) is 5. The van der Waals surface area contributed by atoms with Crippen molar-refractivity contribution in [1.82, 2.24) is 15.5 Å². The fraction of sp³-hybridized carbons (Fsp3) is 0.429. The lowest BCUT2D eigenvalue weighted by Crippen LogP contribution is -2.43. The van der Waals surface area contributed by atoms with Gasteiger partial charge in [-0.05, 0) is 18.2 Å². The summed E-state index contributed by atoms with van der Waals surface area (Å²) in [6, 6.07) is 9.61. The van der Waals surface area contributed by atoms with Gasteiger partial charge in [0.25, 0.3) is 0 Å². The predicted octanol–water partition coefficient (Wildman–Crippen LogP) is 1.81. The smallest absolute Gasteiger partial charge is 0.241 e. The molecule has 1 amide bonds. The van der Waals surface area contributed by atoms with Gasteiger partial charge in [0.15, 0.2) is 17.5 Å².